The molecule has 9 heteroatoms. The molecule has 4 aromatic rings. The van der Waals surface area contributed by atoms with Crippen molar-refractivity contribution in [3.63, 3.8) is 0 Å². The third-order valence-electron chi connectivity index (χ3n) is 6.85. The van der Waals surface area contributed by atoms with E-state index >= 15 is 0 Å². The summed E-state index contributed by atoms with van der Waals surface area (Å²) in [7, 11) is -2.03. The molecule has 37 heavy (non-hydrogen) atoms. The van der Waals surface area contributed by atoms with E-state index in [1.54, 1.807) is 7.11 Å². The van der Waals surface area contributed by atoms with Crippen molar-refractivity contribution in [2.24, 2.45) is 4.99 Å². The lowest BCUT2D eigenvalue weighted by molar-refractivity contribution is 0.0997. The fourth-order valence-corrected chi connectivity index (χ4v) is 7.10. The number of sulfonamides is 1. The minimum Gasteiger partial charge on any atom is -0.383 e. The molecule has 2 heterocycles. The van der Waals surface area contributed by atoms with Crippen molar-refractivity contribution >= 4 is 37.5 Å². The van der Waals surface area contributed by atoms with E-state index in [1.165, 1.54) is 56.6 Å². The fourth-order valence-electron chi connectivity index (χ4n) is 4.55. The maximum Gasteiger partial charge on any atom is 0.279 e. The van der Waals surface area contributed by atoms with E-state index in [4.69, 9.17) is 4.74 Å². The van der Waals surface area contributed by atoms with Crippen molar-refractivity contribution < 1.29 is 17.9 Å². The molecule has 0 bridgehead atoms. The fraction of sp³-hybridized carbons (Fsp3) is 0.286. The Hall–Kier alpha value is -3.11. The summed E-state index contributed by atoms with van der Waals surface area (Å²) in [6.07, 6.45) is 0.683. The van der Waals surface area contributed by atoms with E-state index in [-0.39, 0.29) is 4.90 Å². The van der Waals surface area contributed by atoms with Crippen LogP contribution in [0.4, 0.5) is 0 Å². The van der Waals surface area contributed by atoms with Crippen LogP contribution in [0, 0.1) is 13.8 Å². The molecule has 0 aliphatic carbocycles. The van der Waals surface area contributed by atoms with Crippen LogP contribution in [0.1, 0.15) is 32.6 Å². The number of carbonyl (C=O) groups is 1. The zero-order valence-electron chi connectivity index (χ0n) is 21.1. The Morgan fingerprint density at radius 3 is 2.46 bits per heavy atom. The first-order valence-electron chi connectivity index (χ1n) is 12.1. The molecule has 0 saturated carbocycles. The molecule has 1 aliphatic heterocycles. The number of hydrogen-bond donors (Lipinski definition) is 0. The average Bonchev–Trinajstić information content (AvgIpc) is 3.22. The standard InChI is InChI=1S/C28H29N3O4S2/c1-19-16-25-26(17-20(19)2)36-28(31(25)14-15-35-3)29-27(32)22-8-10-24(11-9-22)37(33,34)30-13-12-21-6-4-5-7-23(21)18-30/h4-11,16-17H,12-15,18H2,1-3H3. The molecule has 0 radical (unpaired) electrons. The van der Waals surface area contributed by atoms with Crippen molar-refractivity contribution in [2.45, 2.75) is 38.3 Å². The van der Waals surface area contributed by atoms with Crippen LogP contribution in [0.2, 0.25) is 0 Å². The highest BCUT2D eigenvalue weighted by molar-refractivity contribution is 7.89. The topological polar surface area (TPSA) is 81.0 Å². The van der Waals surface area contributed by atoms with Gasteiger partial charge in [-0.15, -0.1) is 0 Å². The number of amides is 1. The van der Waals surface area contributed by atoms with Crippen LogP contribution in [0.15, 0.2) is 70.6 Å². The van der Waals surface area contributed by atoms with Gasteiger partial charge in [0, 0.05) is 32.3 Å². The van der Waals surface area contributed by atoms with Gasteiger partial charge in [-0.25, -0.2) is 8.42 Å². The summed E-state index contributed by atoms with van der Waals surface area (Å²) in [4.78, 5) is 18.3. The van der Waals surface area contributed by atoms with Gasteiger partial charge in [-0.2, -0.15) is 9.30 Å². The van der Waals surface area contributed by atoms with Gasteiger partial charge in [0.15, 0.2) is 4.80 Å². The van der Waals surface area contributed by atoms with Gasteiger partial charge in [0.2, 0.25) is 10.0 Å². The van der Waals surface area contributed by atoms with E-state index in [9.17, 15) is 13.2 Å². The second-order valence-corrected chi connectivity index (χ2v) is 12.2. The lowest BCUT2D eigenvalue weighted by Crippen LogP contribution is -2.35. The van der Waals surface area contributed by atoms with Crippen molar-refractivity contribution in [3.05, 3.63) is 93.3 Å². The second kappa shape index (κ2) is 10.3. The van der Waals surface area contributed by atoms with Gasteiger partial charge in [-0.3, -0.25) is 4.79 Å². The number of carbonyl (C=O) groups excluding carboxylic acids is 1. The maximum atomic E-state index is 13.3. The molecule has 7 nitrogen and oxygen atoms in total. The molecular formula is C28H29N3O4S2. The van der Waals surface area contributed by atoms with Crippen molar-refractivity contribution in [1.29, 1.82) is 0 Å². The van der Waals surface area contributed by atoms with Crippen LogP contribution in [0.25, 0.3) is 10.2 Å². The Morgan fingerprint density at radius 2 is 1.73 bits per heavy atom. The molecule has 3 aromatic carbocycles. The second-order valence-electron chi connectivity index (χ2n) is 9.23. The largest absolute Gasteiger partial charge is 0.383 e. The van der Waals surface area contributed by atoms with Gasteiger partial charge in [-0.05, 0) is 78.9 Å². The summed E-state index contributed by atoms with van der Waals surface area (Å²) in [5.41, 5.74) is 5.92. The molecule has 1 aromatic heterocycles. The zero-order chi connectivity index (χ0) is 26.2. The number of thiazole rings is 1. The summed E-state index contributed by atoms with van der Waals surface area (Å²) in [5.74, 6) is -0.415. The predicted molar refractivity (Wildman–Crippen MR) is 145 cm³/mol. The molecule has 0 atom stereocenters. The molecule has 0 spiro atoms. The van der Waals surface area contributed by atoms with E-state index in [2.05, 4.69) is 31.0 Å². The van der Waals surface area contributed by atoms with Gasteiger partial charge >= 0.3 is 0 Å². The van der Waals surface area contributed by atoms with Crippen LogP contribution in [0.5, 0.6) is 0 Å². The molecule has 192 valence electrons. The van der Waals surface area contributed by atoms with Gasteiger partial charge in [0.05, 0.1) is 21.7 Å². The van der Waals surface area contributed by atoms with Gasteiger partial charge in [0.25, 0.3) is 5.91 Å². The number of fused-ring (bicyclic) bond motifs is 2. The predicted octanol–water partition coefficient (Wildman–Crippen LogP) is 4.45. The van der Waals surface area contributed by atoms with Crippen molar-refractivity contribution in [2.75, 3.05) is 20.3 Å². The van der Waals surface area contributed by atoms with E-state index in [0.717, 1.165) is 15.8 Å². The van der Waals surface area contributed by atoms with E-state index in [1.807, 2.05) is 28.8 Å². The molecule has 0 saturated heterocycles. The molecule has 0 fully saturated rings. The Bertz CT molecular complexity index is 1650. The number of benzene rings is 3. The average molecular weight is 536 g/mol. The normalized spacial score (nSPS) is 14.7. The van der Waals surface area contributed by atoms with Gasteiger partial charge in [0.1, 0.15) is 0 Å². The number of nitrogens with zero attached hydrogens (tertiary/aromatic N) is 3. The highest BCUT2D eigenvalue weighted by atomic mass is 32.2. The third kappa shape index (κ3) is 5.04. The van der Waals surface area contributed by atoms with Crippen LogP contribution >= 0.6 is 11.3 Å². The Morgan fingerprint density at radius 1 is 1.03 bits per heavy atom. The van der Waals surface area contributed by atoms with E-state index < -0.39 is 15.9 Å². The van der Waals surface area contributed by atoms with Crippen LogP contribution in [-0.4, -0.2) is 43.5 Å². The SMILES string of the molecule is COCCn1c(=NC(=O)c2ccc(S(=O)(=O)N3CCc4ccccc4C3)cc2)sc2cc(C)c(C)cc21. The highest BCUT2D eigenvalue weighted by Gasteiger charge is 2.28. The molecule has 1 aliphatic rings. The van der Waals surface area contributed by atoms with E-state index in [0.29, 0.717) is 43.0 Å². The van der Waals surface area contributed by atoms with Crippen molar-refractivity contribution in [3.8, 4) is 0 Å². The number of methoxy groups -OCH3 is 1. The Balaban J connectivity index is 1.43. The van der Waals surface area contributed by atoms with Gasteiger partial charge < -0.3 is 9.30 Å². The first-order chi connectivity index (χ1) is 17.8. The summed E-state index contributed by atoms with van der Waals surface area (Å²) in [6.45, 7) is 5.97. The summed E-state index contributed by atoms with van der Waals surface area (Å²) in [5, 5.41) is 0. The minimum atomic E-state index is -3.67. The minimum absolute atomic E-state index is 0.173. The maximum absolute atomic E-state index is 13.3. The third-order valence-corrected chi connectivity index (χ3v) is 9.75. The highest BCUT2D eigenvalue weighted by Crippen LogP contribution is 2.25. The number of aromatic nitrogens is 1. The number of aryl methyl sites for hydroxylation is 2. The van der Waals surface area contributed by atoms with Gasteiger partial charge in [-0.1, -0.05) is 35.6 Å². The molecule has 0 N–H and O–H groups in total. The van der Waals surface area contributed by atoms with Crippen LogP contribution < -0.4 is 4.80 Å². The number of ether oxygens (including phenoxy) is 1. The van der Waals surface area contributed by atoms with Crippen LogP contribution in [0.3, 0.4) is 0 Å². The molecule has 0 unspecified atom stereocenters. The quantitative estimate of drug-likeness (QED) is 0.365. The van der Waals surface area contributed by atoms with Crippen LogP contribution in [-0.2, 0) is 34.3 Å². The molecule has 1 amide bonds. The Labute approximate surface area is 220 Å². The summed E-state index contributed by atoms with van der Waals surface area (Å²) < 4.78 is 36.4. The monoisotopic (exact) mass is 535 g/mol. The lowest BCUT2D eigenvalue weighted by Gasteiger charge is -2.28. The number of rotatable bonds is 6. The Kier molecular flexibility index (Phi) is 7.13. The smallest absolute Gasteiger partial charge is 0.279 e. The molecule has 5 rings (SSSR count). The first-order valence-corrected chi connectivity index (χ1v) is 14.4. The lowest BCUT2D eigenvalue weighted by atomic mass is 10.0. The van der Waals surface area contributed by atoms with Crippen molar-refractivity contribution in [1.82, 2.24) is 8.87 Å². The zero-order valence-corrected chi connectivity index (χ0v) is 22.7. The molecular weight excluding hydrogens is 506 g/mol. The summed E-state index contributed by atoms with van der Waals surface area (Å²) in [6, 6.07) is 18.2. The summed E-state index contributed by atoms with van der Waals surface area (Å²) >= 11 is 1.46. The number of hydrogen-bond acceptors (Lipinski definition) is 5. The first kappa shape index (κ1) is 25.5.